The van der Waals surface area contributed by atoms with Gasteiger partial charge in [0.05, 0.1) is 0 Å². The first-order chi connectivity index (χ1) is 12.0. The fraction of sp³-hybridized carbons (Fsp3) is 0.632. The van der Waals surface area contributed by atoms with Crippen LogP contribution >= 0.6 is 11.6 Å². The summed E-state index contributed by atoms with van der Waals surface area (Å²) in [5, 5.41) is 0.730. The largest absolute Gasteiger partial charge is 0.492 e. The van der Waals surface area contributed by atoms with Crippen LogP contribution in [0.2, 0.25) is 5.02 Å². The Kier molecular flexibility index (Phi) is 6.20. The third kappa shape index (κ3) is 4.87. The van der Waals surface area contributed by atoms with Gasteiger partial charge >= 0.3 is 0 Å². The van der Waals surface area contributed by atoms with Crippen molar-refractivity contribution in [2.75, 3.05) is 39.3 Å². The molecule has 1 aliphatic heterocycles. The molecule has 3 rings (SSSR count). The molecule has 1 heterocycles. The summed E-state index contributed by atoms with van der Waals surface area (Å²) in [6, 6.07) is 5.89. The van der Waals surface area contributed by atoms with Crippen LogP contribution in [0.5, 0.6) is 5.75 Å². The van der Waals surface area contributed by atoms with Gasteiger partial charge in [0.25, 0.3) is 0 Å². The highest BCUT2D eigenvalue weighted by Gasteiger charge is 2.32. The lowest BCUT2D eigenvalue weighted by molar-refractivity contribution is -0.137. The molecule has 0 spiro atoms. The van der Waals surface area contributed by atoms with Crippen LogP contribution in [0, 0.1) is 12.8 Å². The minimum atomic E-state index is 0.151. The van der Waals surface area contributed by atoms with Crippen LogP contribution in [-0.2, 0) is 4.79 Å². The predicted octanol–water partition coefficient (Wildman–Crippen LogP) is 2.30. The van der Waals surface area contributed by atoms with Crippen molar-refractivity contribution in [3.63, 3.8) is 0 Å². The van der Waals surface area contributed by atoms with Crippen molar-refractivity contribution in [2.24, 2.45) is 11.7 Å². The SMILES string of the molecule is Cc1cc(Cl)ccc1OCCN1CCN(C(=O)[C@H]2CC[C@@H](N)C2)CC1. The van der Waals surface area contributed by atoms with Gasteiger partial charge in [-0.15, -0.1) is 0 Å². The number of nitrogens with two attached hydrogens (primary N) is 1. The molecule has 1 saturated heterocycles. The molecule has 0 aromatic heterocycles. The molecule has 1 amide bonds. The van der Waals surface area contributed by atoms with Crippen molar-refractivity contribution in [1.82, 2.24) is 9.80 Å². The third-order valence-electron chi connectivity index (χ3n) is 5.31. The van der Waals surface area contributed by atoms with Gasteiger partial charge in [-0.3, -0.25) is 9.69 Å². The van der Waals surface area contributed by atoms with E-state index in [1.165, 1.54) is 0 Å². The first kappa shape index (κ1) is 18.5. The summed E-state index contributed by atoms with van der Waals surface area (Å²) >= 11 is 5.96. The van der Waals surface area contributed by atoms with E-state index in [9.17, 15) is 4.79 Å². The minimum Gasteiger partial charge on any atom is -0.492 e. The number of carbonyl (C=O) groups is 1. The lowest BCUT2D eigenvalue weighted by atomic mass is 10.1. The van der Waals surface area contributed by atoms with E-state index < -0.39 is 0 Å². The molecule has 1 aromatic carbocycles. The van der Waals surface area contributed by atoms with E-state index in [0.29, 0.717) is 12.5 Å². The smallest absolute Gasteiger partial charge is 0.225 e. The number of carbonyl (C=O) groups excluding carboxylic acids is 1. The Hall–Kier alpha value is -1.30. The number of ether oxygens (including phenoxy) is 1. The van der Waals surface area contributed by atoms with E-state index in [-0.39, 0.29) is 12.0 Å². The second kappa shape index (κ2) is 8.39. The molecular weight excluding hydrogens is 338 g/mol. The molecule has 0 bridgehead atoms. The Morgan fingerprint density at radius 2 is 2.04 bits per heavy atom. The predicted molar refractivity (Wildman–Crippen MR) is 100 cm³/mol. The average Bonchev–Trinajstić information content (AvgIpc) is 3.03. The summed E-state index contributed by atoms with van der Waals surface area (Å²) in [5.74, 6) is 1.34. The number of piperazine rings is 1. The lowest BCUT2D eigenvalue weighted by Crippen LogP contribution is -2.50. The average molecular weight is 366 g/mol. The molecule has 1 saturated carbocycles. The minimum absolute atomic E-state index is 0.151. The molecule has 25 heavy (non-hydrogen) atoms. The van der Waals surface area contributed by atoms with Crippen molar-refractivity contribution >= 4 is 17.5 Å². The van der Waals surface area contributed by atoms with E-state index in [1.807, 2.05) is 30.0 Å². The molecule has 0 radical (unpaired) electrons. The van der Waals surface area contributed by atoms with Crippen LogP contribution in [0.3, 0.4) is 0 Å². The summed E-state index contributed by atoms with van der Waals surface area (Å²) in [7, 11) is 0. The Balaban J connectivity index is 1.38. The van der Waals surface area contributed by atoms with Gasteiger partial charge in [0, 0.05) is 49.7 Å². The van der Waals surface area contributed by atoms with Crippen molar-refractivity contribution in [1.29, 1.82) is 0 Å². The van der Waals surface area contributed by atoms with Gasteiger partial charge in [-0.25, -0.2) is 0 Å². The van der Waals surface area contributed by atoms with Crippen LogP contribution < -0.4 is 10.5 Å². The molecule has 138 valence electrons. The summed E-state index contributed by atoms with van der Waals surface area (Å²) < 4.78 is 5.87. The van der Waals surface area contributed by atoms with Crippen LogP contribution in [0.15, 0.2) is 18.2 Å². The maximum absolute atomic E-state index is 12.5. The van der Waals surface area contributed by atoms with Gasteiger partial charge in [-0.05, 0) is 49.9 Å². The second-order valence-electron chi connectivity index (χ2n) is 7.20. The quantitative estimate of drug-likeness (QED) is 0.869. The van der Waals surface area contributed by atoms with Gasteiger partial charge in [0.2, 0.25) is 5.91 Å². The van der Waals surface area contributed by atoms with Gasteiger partial charge in [0.15, 0.2) is 0 Å². The number of amides is 1. The fourth-order valence-corrected chi connectivity index (χ4v) is 3.98. The highest BCUT2D eigenvalue weighted by Crippen LogP contribution is 2.26. The van der Waals surface area contributed by atoms with E-state index >= 15 is 0 Å². The monoisotopic (exact) mass is 365 g/mol. The molecule has 2 N–H and O–H groups in total. The number of nitrogens with zero attached hydrogens (tertiary/aromatic N) is 2. The maximum atomic E-state index is 12.5. The molecule has 2 atom stereocenters. The van der Waals surface area contributed by atoms with Crippen molar-refractivity contribution in [3.05, 3.63) is 28.8 Å². The molecule has 1 aromatic rings. The van der Waals surface area contributed by atoms with Crippen molar-refractivity contribution in [2.45, 2.75) is 32.2 Å². The van der Waals surface area contributed by atoms with E-state index in [2.05, 4.69) is 4.90 Å². The van der Waals surface area contributed by atoms with Crippen LogP contribution in [0.25, 0.3) is 0 Å². The molecular formula is C19H28ClN3O2. The van der Waals surface area contributed by atoms with Crippen LogP contribution in [0.1, 0.15) is 24.8 Å². The Bertz CT molecular complexity index is 602. The van der Waals surface area contributed by atoms with Crippen LogP contribution in [0.4, 0.5) is 0 Å². The zero-order chi connectivity index (χ0) is 17.8. The standard InChI is InChI=1S/C19H28ClN3O2/c1-14-12-16(20)3-5-18(14)25-11-10-22-6-8-23(9-7-22)19(24)15-2-4-17(21)13-15/h3,5,12,15,17H,2,4,6-11,13,21H2,1H3/t15-,17+/m0/s1. The third-order valence-corrected chi connectivity index (χ3v) is 5.54. The second-order valence-corrected chi connectivity index (χ2v) is 7.63. The molecule has 0 unspecified atom stereocenters. The number of rotatable bonds is 5. The highest BCUT2D eigenvalue weighted by atomic mass is 35.5. The van der Waals surface area contributed by atoms with Crippen molar-refractivity contribution in [3.8, 4) is 5.75 Å². The van der Waals surface area contributed by atoms with Gasteiger partial charge in [-0.2, -0.15) is 0 Å². The highest BCUT2D eigenvalue weighted by molar-refractivity contribution is 6.30. The topological polar surface area (TPSA) is 58.8 Å². The molecule has 1 aliphatic carbocycles. The van der Waals surface area contributed by atoms with Crippen molar-refractivity contribution < 1.29 is 9.53 Å². The first-order valence-corrected chi connectivity index (χ1v) is 9.56. The van der Waals surface area contributed by atoms with E-state index in [0.717, 1.165) is 68.3 Å². The summed E-state index contributed by atoms with van der Waals surface area (Å²) in [6.07, 6.45) is 2.79. The lowest BCUT2D eigenvalue weighted by Gasteiger charge is -2.35. The Morgan fingerprint density at radius 1 is 1.28 bits per heavy atom. The Morgan fingerprint density at radius 3 is 2.68 bits per heavy atom. The number of benzene rings is 1. The van der Waals surface area contributed by atoms with E-state index in [1.54, 1.807) is 0 Å². The Labute approximate surface area is 155 Å². The van der Waals surface area contributed by atoms with Gasteiger partial charge < -0.3 is 15.4 Å². The molecule has 2 aliphatic rings. The molecule has 2 fully saturated rings. The zero-order valence-electron chi connectivity index (χ0n) is 14.9. The molecule has 5 nitrogen and oxygen atoms in total. The summed E-state index contributed by atoms with van der Waals surface area (Å²) in [5.41, 5.74) is 6.99. The summed E-state index contributed by atoms with van der Waals surface area (Å²) in [6.45, 7) is 6.96. The normalized spacial score (nSPS) is 24.5. The molecule has 6 heteroatoms. The van der Waals surface area contributed by atoms with Gasteiger partial charge in [0.1, 0.15) is 12.4 Å². The number of aryl methyl sites for hydroxylation is 1. The van der Waals surface area contributed by atoms with Gasteiger partial charge in [-0.1, -0.05) is 11.6 Å². The fourth-order valence-electron chi connectivity index (χ4n) is 3.75. The number of halogens is 1. The van der Waals surface area contributed by atoms with E-state index in [4.69, 9.17) is 22.1 Å². The number of hydrogen-bond donors (Lipinski definition) is 1. The zero-order valence-corrected chi connectivity index (χ0v) is 15.7. The summed E-state index contributed by atoms with van der Waals surface area (Å²) in [4.78, 5) is 16.9. The first-order valence-electron chi connectivity index (χ1n) is 9.18. The number of hydrogen-bond acceptors (Lipinski definition) is 4. The maximum Gasteiger partial charge on any atom is 0.225 e. The van der Waals surface area contributed by atoms with Crippen LogP contribution in [-0.4, -0.2) is 61.1 Å².